The first kappa shape index (κ1) is 14.1. The Balaban J connectivity index is 2.07. The number of hydrogen-bond acceptors (Lipinski definition) is 6. The van der Waals surface area contributed by atoms with Crippen LogP contribution in [-0.4, -0.2) is 49.4 Å². The molecule has 2 atom stereocenters. The lowest BCUT2D eigenvalue weighted by Gasteiger charge is -2.24. The average Bonchev–Trinajstić information content (AvgIpc) is 2.95. The zero-order valence-electron chi connectivity index (χ0n) is 10.5. The zero-order chi connectivity index (χ0) is 14.0. The van der Waals surface area contributed by atoms with E-state index in [0.29, 0.717) is 10.9 Å². The standard InChI is InChI=1S/C10H14N4O3S2/c1-3-7-12-13-9(19-7)11-10(17)14-5(2)18-4-6(14)8(15)16/h5-6H,3-4H2,1-2H3,(H,15,16)(H,11,13,17). The van der Waals surface area contributed by atoms with Gasteiger partial charge in [-0.3, -0.25) is 10.2 Å². The number of nitrogens with zero attached hydrogens (tertiary/aromatic N) is 3. The molecule has 0 aromatic carbocycles. The van der Waals surface area contributed by atoms with Gasteiger partial charge in [-0.05, 0) is 13.3 Å². The monoisotopic (exact) mass is 302 g/mol. The van der Waals surface area contributed by atoms with Crippen LogP contribution >= 0.6 is 23.1 Å². The number of aliphatic carboxylic acids is 1. The third-order valence-electron chi connectivity index (χ3n) is 2.73. The largest absolute Gasteiger partial charge is 0.480 e. The summed E-state index contributed by atoms with van der Waals surface area (Å²) < 4.78 is 0. The number of aryl methyl sites for hydroxylation is 1. The molecule has 1 fully saturated rings. The molecular weight excluding hydrogens is 288 g/mol. The van der Waals surface area contributed by atoms with Gasteiger partial charge in [0.05, 0.1) is 5.37 Å². The highest BCUT2D eigenvalue weighted by atomic mass is 32.2. The first-order chi connectivity index (χ1) is 9.02. The summed E-state index contributed by atoms with van der Waals surface area (Å²) in [5.41, 5.74) is 0. The van der Waals surface area contributed by atoms with Crippen LogP contribution in [0, 0.1) is 0 Å². The molecule has 2 heterocycles. The van der Waals surface area contributed by atoms with Crippen LogP contribution in [0.2, 0.25) is 0 Å². The van der Waals surface area contributed by atoms with E-state index in [4.69, 9.17) is 5.11 Å². The number of carboxylic acids is 1. The van der Waals surface area contributed by atoms with E-state index in [-0.39, 0.29) is 5.37 Å². The number of hydrogen-bond donors (Lipinski definition) is 2. The summed E-state index contributed by atoms with van der Waals surface area (Å²) in [5.74, 6) is -0.584. The Morgan fingerprint density at radius 3 is 2.84 bits per heavy atom. The van der Waals surface area contributed by atoms with Gasteiger partial charge in [-0.2, -0.15) is 0 Å². The molecular formula is C10H14N4O3S2. The SMILES string of the molecule is CCc1nnc(NC(=O)N2C(C)SCC2C(=O)O)s1. The second-order valence-electron chi connectivity index (χ2n) is 3.98. The van der Waals surface area contributed by atoms with Crippen molar-refractivity contribution in [3.8, 4) is 0 Å². The lowest BCUT2D eigenvalue weighted by atomic mass is 10.3. The number of carboxylic acid groups (broad SMARTS) is 1. The quantitative estimate of drug-likeness (QED) is 0.878. The van der Waals surface area contributed by atoms with Gasteiger partial charge >= 0.3 is 12.0 Å². The molecule has 1 saturated heterocycles. The summed E-state index contributed by atoms with van der Waals surface area (Å²) >= 11 is 2.74. The molecule has 0 spiro atoms. The Kier molecular flexibility index (Phi) is 4.25. The van der Waals surface area contributed by atoms with Gasteiger partial charge in [0.2, 0.25) is 5.13 Å². The molecule has 7 nitrogen and oxygen atoms in total. The van der Waals surface area contributed by atoms with Crippen molar-refractivity contribution in [1.82, 2.24) is 15.1 Å². The van der Waals surface area contributed by atoms with Crippen LogP contribution in [-0.2, 0) is 11.2 Å². The van der Waals surface area contributed by atoms with Crippen molar-refractivity contribution in [2.75, 3.05) is 11.1 Å². The molecule has 19 heavy (non-hydrogen) atoms. The number of amides is 2. The van der Waals surface area contributed by atoms with Crippen molar-refractivity contribution in [2.24, 2.45) is 0 Å². The van der Waals surface area contributed by atoms with E-state index in [1.54, 1.807) is 0 Å². The second-order valence-corrected chi connectivity index (χ2v) is 6.39. The van der Waals surface area contributed by atoms with E-state index < -0.39 is 18.0 Å². The van der Waals surface area contributed by atoms with Crippen molar-refractivity contribution >= 4 is 40.2 Å². The van der Waals surface area contributed by atoms with Gasteiger partial charge in [0.15, 0.2) is 0 Å². The number of carbonyl (C=O) groups excluding carboxylic acids is 1. The normalized spacial score (nSPS) is 22.5. The molecule has 1 aliphatic rings. The van der Waals surface area contributed by atoms with Crippen molar-refractivity contribution in [2.45, 2.75) is 31.7 Å². The van der Waals surface area contributed by atoms with Gasteiger partial charge in [-0.1, -0.05) is 18.3 Å². The van der Waals surface area contributed by atoms with Crippen molar-refractivity contribution < 1.29 is 14.7 Å². The van der Waals surface area contributed by atoms with E-state index >= 15 is 0 Å². The Labute approximate surface area is 118 Å². The van der Waals surface area contributed by atoms with Gasteiger partial charge < -0.3 is 5.11 Å². The van der Waals surface area contributed by atoms with Crippen molar-refractivity contribution in [3.63, 3.8) is 0 Å². The second kappa shape index (κ2) is 5.74. The van der Waals surface area contributed by atoms with Crippen LogP contribution in [0.3, 0.4) is 0 Å². The highest BCUT2D eigenvalue weighted by Crippen LogP contribution is 2.29. The van der Waals surface area contributed by atoms with E-state index in [0.717, 1.165) is 11.4 Å². The predicted octanol–water partition coefficient (Wildman–Crippen LogP) is 1.48. The zero-order valence-corrected chi connectivity index (χ0v) is 12.1. The highest BCUT2D eigenvalue weighted by molar-refractivity contribution is 8.00. The molecule has 2 amide bonds. The summed E-state index contributed by atoms with van der Waals surface area (Å²) in [5, 5.41) is 20.5. The minimum Gasteiger partial charge on any atom is -0.480 e. The Bertz CT molecular complexity index is 493. The molecule has 9 heteroatoms. The lowest BCUT2D eigenvalue weighted by Crippen LogP contribution is -2.46. The Morgan fingerprint density at radius 2 is 2.26 bits per heavy atom. The summed E-state index contributed by atoms with van der Waals surface area (Å²) in [4.78, 5) is 24.6. The summed E-state index contributed by atoms with van der Waals surface area (Å²) in [6.45, 7) is 3.76. The maximum atomic E-state index is 12.1. The molecule has 0 radical (unpaired) electrons. The fourth-order valence-electron chi connectivity index (χ4n) is 1.74. The topological polar surface area (TPSA) is 95.4 Å². The molecule has 0 bridgehead atoms. The average molecular weight is 302 g/mol. The fourth-order valence-corrected chi connectivity index (χ4v) is 3.58. The van der Waals surface area contributed by atoms with Crippen LogP contribution in [0.5, 0.6) is 0 Å². The molecule has 1 aromatic heterocycles. The minimum absolute atomic E-state index is 0.167. The van der Waals surface area contributed by atoms with Crippen LogP contribution < -0.4 is 5.32 Å². The number of aromatic nitrogens is 2. The van der Waals surface area contributed by atoms with Crippen molar-refractivity contribution in [1.29, 1.82) is 0 Å². The van der Waals surface area contributed by atoms with Gasteiger partial charge in [0.1, 0.15) is 11.0 Å². The molecule has 1 aliphatic heterocycles. The molecule has 2 rings (SSSR count). The predicted molar refractivity (Wildman–Crippen MR) is 73.5 cm³/mol. The number of urea groups is 1. The molecule has 104 valence electrons. The maximum absolute atomic E-state index is 12.1. The first-order valence-corrected chi connectivity index (χ1v) is 7.65. The molecule has 0 aliphatic carbocycles. The number of nitrogens with one attached hydrogen (secondary N) is 1. The summed E-state index contributed by atoms with van der Waals surface area (Å²) in [6, 6.07) is -1.23. The number of anilines is 1. The third kappa shape index (κ3) is 2.98. The van der Waals surface area contributed by atoms with Gasteiger partial charge in [-0.25, -0.2) is 9.59 Å². The first-order valence-electron chi connectivity index (χ1n) is 5.79. The van der Waals surface area contributed by atoms with Crippen LogP contribution in [0.4, 0.5) is 9.93 Å². The number of carbonyl (C=O) groups is 2. The number of thioether (sulfide) groups is 1. The Hall–Kier alpha value is -1.35. The van der Waals surface area contributed by atoms with Gasteiger partial charge in [0.25, 0.3) is 0 Å². The molecule has 2 N–H and O–H groups in total. The minimum atomic E-state index is -0.987. The summed E-state index contributed by atoms with van der Waals surface area (Å²) in [6.07, 6.45) is 0.751. The molecule has 0 saturated carbocycles. The highest BCUT2D eigenvalue weighted by Gasteiger charge is 2.39. The molecule has 1 aromatic rings. The van der Waals surface area contributed by atoms with Crippen LogP contribution in [0.15, 0.2) is 0 Å². The van der Waals surface area contributed by atoms with E-state index in [1.807, 2.05) is 13.8 Å². The van der Waals surface area contributed by atoms with E-state index in [2.05, 4.69) is 15.5 Å². The lowest BCUT2D eigenvalue weighted by molar-refractivity contribution is -0.141. The van der Waals surface area contributed by atoms with E-state index in [9.17, 15) is 9.59 Å². The maximum Gasteiger partial charge on any atom is 0.327 e. The fraction of sp³-hybridized carbons (Fsp3) is 0.600. The smallest absolute Gasteiger partial charge is 0.327 e. The third-order valence-corrected chi connectivity index (χ3v) is 4.93. The van der Waals surface area contributed by atoms with Crippen LogP contribution in [0.25, 0.3) is 0 Å². The Morgan fingerprint density at radius 1 is 1.53 bits per heavy atom. The van der Waals surface area contributed by atoms with Crippen LogP contribution in [0.1, 0.15) is 18.9 Å². The summed E-state index contributed by atoms with van der Waals surface area (Å²) in [7, 11) is 0. The van der Waals surface area contributed by atoms with E-state index in [1.165, 1.54) is 28.0 Å². The van der Waals surface area contributed by atoms with Crippen molar-refractivity contribution in [3.05, 3.63) is 5.01 Å². The molecule has 2 unspecified atom stereocenters. The number of rotatable bonds is 3. The van der Waals surface area contributed by atoms with Gasteiger partial charge in [-0.15, -0.1) is 22.0 Å². The van der Waals surface area contributed by atoms with Gasteiger partial charge in [0, 0.05) is 5.75 Å².